The maximum Gasteiger partial charge on any atom is 0.234 e. The Labute approximate surface area is 283 Å². The molecule has 0 fully saturated rings. The Bertz CT molecular complexity index is 1980. The minimum Gasteiger partial charge on any atom is -0.457 e. The zero-order chi connectivity index (χ0) is 32.7. The standard InChI is InChI=1S/C36H28N6O4S2/c43-33(21-47-35-39-29-8-1-2-9-30(29)40-35)37-23-12-16-25(17-13-23)45-27-6-5-7-28(20-27)46-26-18-14-24(15-19-26)38-34(44)22-48-36-41-31-10-3-4-11-32(31)42-36/h1-20H,21-22H2,(H,37,43)(H,38,44)(H,39,40)(H,41,42). The Morgan fingerprint density at radius 2 is 0.979 bits per heavy atom. The van der Waals surface area contributed by atoms with E-state index >= 15 is 0 Å². The molecule has 238 valence electrons. The molecule has 0 radical (unpaired) electrons. The van der Waals surface area contributed by atoms with Gasteiger partial charge in [0.15, 0.2) is 10.3 Å². The molecule has 12 heteroatoms. The molecule has 7 rings (SSSR count). The van der Waals surface area contributed by atoms with Crippen molar-refractivity contribution < 1.29 is 19.1 Å². The molecule has 0 unspecified atom stereocenters. The summed E-state index contributed by atoms with van der Waals surface area (Å²) >= 11 is 2.70. The van der Waals surface area contributed by atoms with E-state index in [1.54, 1.807) is 54.6 Å². The number of carbonyl (C=O) groups excluding carboxylic acids is 2. The monoisotopic (exact) mass is 672 g/mol. The van der Waals surface area contributed by atoms with Crippen LogP contribution in [0.15, 0.2) is 132 Å². The van der Waals surface area contributed by atoms with Crippen molar-refractivity contribution in [3.05, 3.63) is 121 Å². The summed E-state index contributed by atoms with van der Waals surface area (Å²) < 4.78 is 12.0. The average molecular weight is 673 g/mol. The minimum atomic E-state index is -0.132. The van der Waals surface area contributed by atoms with Crippen molar-refractivity contribution in [2.45, 2.75) is 10.3 Å². The molecule has 2 heterocycles. The van der Waals surface area contributed by atoms with Crippen molar-refractivity contribution in [2.75, 3.05) is 22.1 Å². The number of ether oxygens (including phenoxy) is 2. The summed E-state index contributed by atoms with van der Waals surface area (Å²) in [4.78, 5) is 40.4. The maximum atomic E-state index is 12.5. The molecular formula is C36H28N6O4S2. The lowest BCUT2D eigenvalue weighted by Crippen LogP contribution is -2.14. The van der Waals surface area contributed by atoms with Crippen LogP contribution in [0.3, 0.4) is 0 Å². The fourth-order valence-corrected chi connectivity index (χ4v) is 6.11. The third-order valence-electron chi connectivity index (χ3n) is 6.97. The Hall–Kier alpha value is -5.72. The van der Waals surface area contributed by atoms with Crippen LogP contribution in [0.2, 0.25) is 0 Å². The van der Waals surface area contributed by atoms with E-state index in [1.807, 2.05) is 66.7 Å². The molecule has 0 atom stereocenters. The van der Waals surface area contributed by atoms with Crippen LogP contribution in [0.25, 0.3) is 22.1 Å². The van der Waals surface area contributed by atoms with E-state index in [0.717, 1.165) is 22.1 Å². The highest BCUT2D eigenvalue weighted by Gasteiger charge is 2.10. The van der Waals surface area contributed by atoms with Crippen molar-refractivity contribution in [2.24, 2.45) is 0 Å². The molecule has 2 aromatic heterocycles. The van der Waals surface area contributed by atoms with E-state index < -0.39 is 0 Å². The molecule has 48 heavy (non-hydrogen) atoms. The molecule has 0 spiro atoms. The van der Waals surface area contributed by atoms with Crippen LogP contribution in [0.1, 0.15) is 0 Å². The van der Waals surface area contributed by atoms with Crippen LogP contribution in [-0.2, 0) is 9.59 Å². The van der Waals surface area contributed by atoms with Crippen molar-refractivity contribution in [1.29, 1.82) is 0 Å². The minimum absolute atomic E-state index is 0.132. The first-order valence-corrected chi connectivity index (χ1v) is 16.9. The number of aromatic amines is 2. The van der Waals surface area contributed by atoms with Gasteiger partial charge in [-0.25, -0.2) is 9.97 Å². The number of thioether (sulfide) groups is 2. The number of imidazole rings is 2. The number of fused-ring (bicyclic) bond motifs is 2. The summed E-state index contributed by atoms with van der Waals surface area (Å²) in [6, 6.07) is 37.1. The van der Waals surface area contributed by atoms with E-state index in [4.69, 9.17) is 9.47 Å². The van der Waals surface area contributed by atoms with Crippen molar-refractivity contribution in [1.82, 2.24) is 19.9 Å². The third-order valence-corrected chi connectivity index (χ3v) is 8.71. The molecule has 0 saturated heterocycles. The zero-order valence-corrected chi connectivity index (χ0v) is 26.9. The van der Waals surface area contributed by atoms with Crippen molar-refractivity contribution >= 4 is 68.8 Å². The Morgan fingerprint density at radius 1 is 0.542 bits per heavy atom. The number of H-pyrrole nitrogens is 2. The van der Waals surface area contributed by atoms with E-state index in [1.165, 1.54) is 23.5 Å². The van der Waals surface area contributed by atoms with Crippen LogP contribution in [-0.4, -0.2) is 43.3 Å². The molecule has 0 bridgehead atoms. The molecule has 5 aromatic carbocycles. The van der Waals surface area contributed by atoms with Crippen LogP contribution >= 0.6 is 23.5 Å². The Kier molecular flexibility index (Phi) is 9.25. The van der Waals surface area contributed by atoms with Gasteiger partial charge < -0.3 is 30.1 Å². The van der Waals surface area contributed by atoms with E-state index in [9.17, 15) is 9.59 Å². The van der Waals surface area contributed by atoms with Gasteiger partial charge in [0.1, 0.15) is 23.0 Å². The van der Waals surface area contributed by atoms with Crippen LogP contribution in [0, 0.1) is 0 Å². The summed E-state index contributed by atoms with van der Waals surface area (Å²) in [7, 11) is 0. The molecule has 0 saturated carbocycles. The van der Waals surface area contributed by atoms with Crippen LogP contribution < -0.4 is 20.1 Å². The molecule has 0 aliphatic rings. The average Bonchev–Trinajstić information content (AvgIpc) is 3.72. The highest BCUT2D eigenvalue weighted by atomic mass is 32.2. The van der Waals surface area contributed by atoms with Gasteiger partial charge in [-0.3, -0.25) is 9.59 Å². The predicted molar refractivity (Wildman–Crippen MR) is 190 cm³/mol. The molecular weight excluding hydrogens is 645 g/mol. The van der Waals surface area contributed by atoms with Gasteiger partial charge in [-0.2, -0.15) is 0 Å². The van der Waals surface area contributed by atoms with E-state index in [0.29, 0.717) is 44.7 Å². The number of aromatic nitrogens is 4. The first-order chi connectivity index (χ1) is 23.5. The van der Waals surface area contributed by atoms with Crippen LogP contribution in [0.4, 0.5) is 11.4 Å². The van der Waals surface area contributed by atoms with Gasteiger partial charge in [0, 0.05) is 17.4 Å². The highest BCUT2D eigenvalue weighted by Crippen LogP contribution is 2.30. The third kappa shape index (κ3) is 7.97. The van der Waals surface area contributed by atoms with E-state index in [-0.39, 0.29) is 23.3 Å². The van der Waals surface area contributed by atoms with Crippen molar-refractivity contribution in [3.63, 3.8) is 0 Å². The number of rotatable bonds is 12. The van der Waals surface area contributed by atoms with Gasteiger partial charge in [0.2, 0.25) is 11.8 Å². The Balaban J connectivity index is 0.868. The van der Waals surface area contributed by atoms with Gasteiger partial charge in [0.05, 0.1) is 33.6 Å². The topological polar surface area (TPSA) is 134 Å². The second-order valence-electron chi connectivity index (χ2n) is 10.5. The number of amides is 2. The summed E-state index contributed by atoms with van der Waals surface area (Å²) in [6.07, 6.45) is 0. The summed E-state index contributed by atoms with van der Waals surface area (Å²) in [5.41, 5.74) is 4.96. The van der Waals surface area contributed by atoms with E-state index in [2.05, 4.69) is 30.6 Å². The largest absolute Gasteiger partial charge is 0.457 e. The quantitative estimate of drug-likeness (QED) is 0.0950. The number of hydrogen-bond acceptors (Lipinski definition) is 8. The molecule has 2 amide bonds. The lowest BCUT2D eigenvalue weighted by Gasteiger charge is -2.11. The summed E-state index contributed by atoms with van der Waals surface area (Å²) in [5, 5.41) is 7.20. The van der Waals surface area contributed by atoms with Crippen LogP contribution in [0.5, 0.6) is 23.0 Å². The number of para-hydroxylation sites is 4. The van der Waals surface area contributed by atoms with Gasteiger partial charge in [-0.1, -0.05) is 53.9 Å². The SMILES string of the molecule is O=C(CSc1nc2ccccc2[nH]1)Nc1ccc(Oc2cccc(Oc3ccc(NC(=O)CSc4nc5ccccc5[nH]4)cc3)c2)cc1. The number of carbonyl (C=O) groups is 2. The van der Waals surface area contributed by atoms with Gasteiger partial charge in [0.25, 0.3) is 0 Å². The number of nitrogens with one attached hydrogen (secondary N) is 4. The normalized spacial score (nSPS) is 11.0. The van der Waals surface area contributed by atoms with Gasteiger partial charge in [-0.05, 0) is 84.9 Å². The summed E-state index contributed by atoms with van der Waals surface area (Å²) in [5.74, 6) is 2.60. The highest BCUT2D eigenvalue weighted by molar-refractivity contribution is 8.00. The number of benzene rings is 5. The smallest absolute Gasteiger partial charge is 0.234 e. The fourth-order valence-electron chi connectivity index (χ4n) is 4.74. The lowest BCUT2D eigenvalue weighted by atomic mass is 10.2. The maximum absolute atomic E-state index is 12.5. The zero-order valence-electron chi connectivity index (χ0n) is 25.3. The number of hydrogen-bond donors (Lipinski definition) is 4. The Morgan fingerprint density at radius 3 is 1.42 bits per heavy atom. The van der Waals surface area contributed by atoms with Gasteiger partial charge >= 0.3 is 0 Å². The molecule has 4 N–H and O–H groups in total. The number of nitrogens with zero attached hydrogens (tertiary/aromatic N) is 2. The lowest BCUT2D eigenvalue weighted by molar-refractivity contribution is -0.114. The molecule has 7 aromatic rings. The predicted octanol–water partition coefficient (Wildman–Crippen LogP) is 8.49. The second kappa shape index (κ2) is 14.4. The second-order valence-corrected chi connectivity index (χ2v) is 12.4. The molecule has 0 aliphatic heterocycles. The first kappa shape index (κ1) is 30.9. The van der Waals surface area contributed by atoms with Gasteiger partial charge in [-0.15, -0.1) is 0 Å². The summed E-state index contributed by atoms with van der Waals surface area (Å²) in [6.45, 7) is 0. The fraction of sp³-hybridized carbons (Fsp3) is 0.0556. The van der Waals surface area contributed by atoms with Crippen molar-refractivity contribution in [3.8, 4) is 23.0 Å². The molecule has 10 nitrogen and oxygen atoms in total. The molecule has 0 aliphatic carbocycles. The number of anilines is 2. The first-order valence-electron chi connectivity index (χ1n) is 14.9.